The van der Waals surface area contributed by atoms with Crippen molar-refractivity contribution in [2.75, 3.05) is 10.6 Å². The molecule has 2 aromatic carbocycles. The van der Waals surface area contributed by atoms with Gasteiger partial charge in [-0.15, -0.1) is 0 Å². The summed E-state index contributed by atoms with van der Waals surface area (Å²) in [5.41, 5.74) is 0.609. The number of hydrogen-bond acceptors (Lipinski definition) is 4. The molecule has 0 atom stereocenters. The van der Waals surface area contributed by atoms with Crippen molar-refractivity contribution in [3.63, 3.8) is 0 Å². The summed E-state index contributed by atoms with van der Waals surface area (Å²) in [6.07, 6.45) is 0. The predicted octanol–water partition coefficient (Wildman–Crippen LogP) is 4.69. The maximum Gasteiger partial charge on any atom is 0.196 e. The van der Waals surface area contributed by atoms with Gasteiger partial charge in [0, 0.05) is 11.8 Å². The van der Waals surface area contributed by atoms with Gasteiger partial charge in [-0.05, 0) is 31.2 Å². The lowest BCUT2D eigenvalue weighted by molar-refractivity contribution is 0.449. The molecule has 0 spiro atoms. The number of anilines is 4. The Labute approximate surface area is 136 Å². The van der Waals surface area contributed by atoms with E-state index < -0.39 is 17.5 Å². The van der Waals surface area contributed by atoms with Gasteiger partial charge in [-0.1, -0.05) is 18.2 Å². The third-order valence-electron chi connectivity index (χ3n) is 3.18. The molecule has 2 N–H and O–H groups in total. The molecule has 0 aliphatic rings. The second-order valence-electron chi connectivity index (χ2n) is 5.02. The van der Waals surface area contributed by atoms with Crippen molar-refractivity contribution in [2.24, 2.45) is 0 Å². The number of halogens is 3. The van der Waals surface area contributed by atoms with Gasteiger partial charge in [-0.25, -0.2) is 23.1 Å². The molecule has 0 fully saturated rings. The lowest BCUT2D eigenvalue weighted by Gasteiger charge is -2.11. The van der Waals surface area contributed by atoms with Gasteiger partial charge in [-0.3, -0.25) is 0 Å². The van der Waals surface area contributed by atoms with Crippen LogP contribution in [0.1, 0.15) is 5.82 Å². The van der Waals surface area contributed by atoms with Gasteiger partial charge in [0.25, 0.3) is 0 Å². The number of aromatic nitrogens is 2. The van der Waals surface area contributed by atoms with E-state index in [1.807, 2.05) is 30.3 Å². The first kappa shape index (κ1) is 15.8. The number of nitrogens with one attached hydrogen (secondary N) is 2. The van der Waals surface area contributed by atoms with Crippen molar-refractivity contribution in [1.82, 2.24) is 9.97 Å². The molecule has 1 aromatic heterocycles. The molecule has 1 heterocycles. The van der Waals surface area contributed by atoms with Crippen LogP contribution in [0.25, 0.3) is 0 Å². The van der Waals surface area contributed by atoms with Crippen molar-refractivity contribution < 1.29 is 13.2 Å². The second-order valence-corrected chi connectivity index (χ2v) is 5.02. The highest BCUT2D eigenvalue weighted by Crippen LogP contribution is 2.24. The Balaban J connectivity index is 1.88. The summed E-state index contributed by atoms with van der Waals surface area (Å²) in [6, 6.07) is 12.8. The molecule has 0 aliphatic heterocycles. The van der Waals surface area contributed by atoms with Crippen LogP contribution >= 0.6 is 0 Å². The first-order valence-corrected chi connectivity index (χ1v) is 7.11. The molecule has 0 saturated heterocycles. The molecule has 0 radical (unpaired) electrons. The van der Waals surface area contributed by atoms with E-state index in [1.54, 1.807) is 13.0 Å². The van der Waals surface area contributed by atoms with E-state index >= 15 is 0 Å². The van der Waals surface area contributed by atoms with E-state index in [0.29, 0.717) is 11.6 Å². The lowest BCUT2D eigenvalue weighted by atomic mass is 10.2. The molecular weight excluding hydrogens is 317 g/mol. The minimum absolute atomic E-state index is 0.210. The van der Waals surface area contributed by atoms with Crippen LogP contribution in [-0.2, 0) is 0 Å². The predicted molar refractivity (Wildman–Crippen MR) is 86.1 cm³/mol. The van der Waals surface area contributed by atoms with Crippen LogP contribution in [0.4, 0.5) is 36.2 Å². The largest absolute Gasteiger partial charge is 0.340 e. The molecule has 0 saturated carbocycles. The standard InChI is InChI=1S/C17H13F3N4/c1-10-21-14(23-11-5-3-2-4-6-11)9-15(22-10)24-13-8-7-12(18)16(19)17(13)20/h2-9H,1H3,(H2,21,22,23,24). The fraction of sp³-hybridized carbons (Fsp3) is 0.0588. The minimum Gasteiger partial charge on any atom is -0.340 e. The van der Waals surface area contributed by atoms with Crippen LogP contribution in [0, 0.1) is 24.4 Å². The van der Waals surface area contributed by atoms with E-state index in [0.717, 1.165) is 17.8 Å². The lowest BCUT2D eigenvalue weighted by Crippen LogP contribution is -2.03. The molecule has 3 rings (SSSR count). The molecule has 0 bridgehead atoms. The number of nitrogens with zero attached hydrogens (tertiary/aromatic N) is 2. The van der Waals surface area contributed by atoms with Gasteiger partial charge < -0.3 is 10.6 Å². The van der Waals surface area contributed by atoms with E-state index in [9.17, 15) is 13.2 Å². The van der Waals surface area contributed by atoms with E-state index in [-0.39, 0.29) is 11.5 Å². The zero-order valence-electron chi connectivity index (χ0n) is 12.6. The highest BCUT2D eigenvalue weighted by atomic mass is 19.2. The number of rotatable bonds is 4. The van der Waals surface area contributed by atoms with E-state index in [1.165, 1.54) is 0 Å². The summed E-state index contributed by atoms with van der Waals surface area (Å²) in [5, 5.41) is 5.72. The number of aryl methyl sites for hydroxylation is 1. The van der Waals surface area contributed by atoms with Crippen LogP contribution in [0.3, 0.4) is 0 Å². The molecular formula is C17H13F3N4. The van der Waals surface area contributed by atoms with Gasteiger partial charge >= 0.3 is 0 Å². The summed E-state index contributed by atoms with van der Waals surface area (Å²) in [4.78, 5) is 8.35. The van der Waals surface area contributed by atoms with Crippen molar-refractivity contribution >= 4 is 23.0 Å². The van der Waals surface area contributed by atoms with Crippen molar-refractivity contribution in [2.45, 2.75) is 6.92 Å². The topological polar surface area (TPSA) is 49.8 Å². The Morgan fingerprint density at radius 1 is 0.792 bits per heavy atom. The Morgan fingerprint density at radius 3 is 2.17 bits per heavy atom. The van der Waals surface area contributed by atoms with Gasteiger partial charge in [-0.2, -0.15) is 0 Å². The maximum absolute atomic E-state index is 13.8. The Morgan fingerprint density at radius 2 is 1.46 bits per heavy atom. The Kier molecular flexibility index (Phi) is 4.33. The zero-order chi connectivity index (χ0) is 17.1. The van der Waals surface area contributed by atoms with Crippen LogP contribution in [0.15, 0.2) is 48.5 Å². The smallest absolute Gasteiger partial charge is 0.196 e. The summed E-state index contributed by atoms with van der Waals surface area (Å²) < 4.78 is 40.1. The Hall–Kier alpha value is -3.09. The van der Waals surface area contributed by atoms with E-state index in [4.69, 9.17) is 0 Å². The average molecular weight is 330 g/mol. The molecule has 0 unspecified atom stereocenters. The van der Waals surface area contributed by atoms with Gasteiger partial charge in [0.2, 0.25) is 0 Å². The van der Waals surface area contributed by atoms with Crippen molar-refractivity contribution in [3.05, 3.63) is 71.8 Å². The molecule has 24 heavy (non-hydrogen) atoms. The van der Waals surface area contributed by atoms with Gasteiger partial charge in [0.1, 0.15) is 17.5 Å². The first-order valence-electron chi connectivity index (χ1n) is 7.11. The quantitative estimate of drug-likeness (QED) is 0.682. The normalized spacial score (nSPS) is 10.5. The van der Waals surface area contributed by atoms with Gasteiger partial charge in [0.15, 0.2) is 17.5 Å². The first-order chi connectivity index (χ1) is 11.5. The summed E-state index contributed by atoms with van der Waals surface area (Å²) >= 11 is 0. The fourth-order valence-electron chi connectivity index (χ4n) is 2.13. The summed E-state index contributed by atoms with van der Waals surface area (Å²) in [5.74, 6) is -2.91. The molecule has 122 valence electrons. The third kappa shape index (κ3) is 3.45. The van der Waals surface area contributed by atoms with Crippen molar-refractivity contribution in [1.29, 1.82) is 0 Å². The molecule has 3 aromatic rings. The highest BCUT2D eigenvalue weighted by molar-refractivity contribution is 5.63. The van der Waals surface area contributed by atoms with Crippen LogP contribution in [0.2, 0.25) is 0 Å². The van der Waals surface area contributed by atoms with Crippen LogP contribution in [-0.4, -0.2) is 9.97 Å². The molecule has 7 heteroatoms. The zero-order valence-corrected chi connectivity index (χ0v) is 12.6. The van der Waals surface area contributed by atoms with Gasteiger partial charge in [0.05, 0.1) is 5.69 Å². The fourth-order valence-corrected chi connectivity index (χ4v) is 2.13. The highest BCUT2D eigenvalue weighted by Gasteiger charge is 2.14. The van der Waals surface area contributed by atoms with Crippen molar-refractivity contribution in [3.8, 4) is 0 Å². The maximum atomic E-state index is 13.8. The number of benzene rings is 2. The van der Waals surface area contributed by atoms with Crippen LogP contribution in [0.5, 0.6) is 0 Å². The summed E-state index contributed by atoms with van der Waals surface area (Å²) in [6.45, 7) is 1.67. The molecule has 4 nitrogen and oxygen atoms in total. The minimum atomic E-state index is -1.53. The monoisotopic (exact) mass is 330 g/mol. The Bertz CT molecular complexity index is 869. The number of hydrogen-bond donors (Lipinski definition) is 2. The van der Waals surface area contributed by atoms with E-state index in [2.05, 4.69) is 20.6 Å². The third-order valence-corrected chi connectivity index (χ3v) is 3.18. The second kappa shape index (κ2) is 6.57. The average Bonchev–Trinajstić information content (AvgIpc) is 2.56. The number of para-hydroxylation sites is 1. The molecule has 0 amide bonds. The summed E-state index contributed by atoms with van der Waals surface area (Å²) in [7, 11) is 0. The SMILES string of the molecule is Cc1nc(Nc2ccccc2)cc(Nc2ccc(F)c(F)c2F)n1. The molecule has 0 aliphatic carbocycles. The van der Waals surface area contributed by atoms with Crippen LogP contribution < -0.4 is 10.6 Å².